The summed E-state index contributed by atoms with van der Waals surface area (Å²) in [4.78, 5) is 12.4. The summed E-state index contributed by atoms with van der Waals surface area (Å²) in [5, 5.41) is 2.22. The summed E-state index contributed by atoms with van der Waals surface area (Å²) in [5.74, 6) is -2.68. The number of hydrogen-bond donors (Lipinski definition) is 2. The van der Waals surface area contributed by atoms with Crippen LogP contribution in [0.3, 0.4) is 0 Å². The summed E-state index contributed by atoms with van der Waals surface area (Å²) in [6, 6.07) is 1.98. The summed E-state index contributed by atoms with van der Waals surface area (Å²) >= 11 is 0. The zero-order valence-electron chi connectivity index (χ0n) is 15.8. The van der Waals surface area contributed by atoms with E-state index in [0.717, 1.165) is 12.3 Å². The van der Waals surface area contributed by atoms with Crippen LogP contribution >= 0.6 is 0 Å². The van der Waals surface area contributed by atoms with E-state index in [9.17, 15) is 30.8 Å². The molecule has 2 aromatic rings. The van der Waals surface area contributed by atoms with Gasteiger partial charge < -0.3 is 14.6 Å². The Morgan fingerprint density at radius 1 is 1.40 bits per heavy atom. The quantitative estimate of drug-likeness (QED) is 0.559. The maximum atomic E-state index is 13.5. The smallest absolute Gasteiger partial charge is 0.419 e. The molecule has 1 unspecified atom stereocenters. The van der Waals surface area contributed by atoms with Gasteiger partial charge in [-0.2, -0.15) is 17.9 Å². The van der Waals surface area contributed by atoms with Crippen LogP contribution < -0.4 is 14.8 Å². The maximum absolute atomic E-state index is 13.5. The second kappa shape index (κ2) is 7.13. The number of halogens is 4. The fourth-order valence-corrected chi connectivity index (χ4v) is 4.46. The zero-order chi connectivity index (χ0) is 22.5. The van der Waals surface area contributed by atoms with Gasteiger partial charge in [-0.3, -0.25) is 4.79 Å². The molecule has 0 spiro atoms. The maximum Gasteiger partial charge on any atom is 0.419 e. The number of rotatable bonds is 3. The summed E-state index contributed by atoms with van der Waals surface area (Å²) in [6.07, 6.45) is -2.47. The number of fused-ring (bicyclic) bond motifs is 1. The van der Waals surface area contributed by atoms with E-state index in [-0.39, 0.29) is 28.6 Å². The van der Waals surface area contributed by atoms with Crippen LogP contribution in [-0.2, 0) is 23.2 Å². The van der Waals surface area contributed by atoms with Crippen LogP contribution in [0.5, 0.6) is 5.75 Å². The fourth-order valence-electron chi connectivity index (χ4n) is 2.89. The molecule has 12 heteroatoms. The number of nitrogens with one attached hydrogen (secondary N) is 2. The lowest BCUT2D eigenvalue weighted by molar-refractivity contribution is -0.139. The third kappa shape index (κ3) is 3.92. The Hall–Kier alpha value is -2.86. The second-order valence-corrected chi connectivity index (χ2v) is 8.60. The highest BCUT2D eigenvalue weighted by atomic mass is 32.2. The number of alkyl halides is 3. The zero-order valence-corrected chi connectivity index (χ0v) is 16.6. The minimum absolute atomic E-state index is 0.179. The third-order valence-electron chi connectivity index (χ3n) is 4.47. The van der Waals surface area contributed by atoms with Crippen LogP contribution in [0, 0.1) is 5.82 Å². The first-order valence-corrected chi connectivity index (χ1v) is 9.93. The van der Waals surface area contributed by atoms with Crippen molar-refractivity contribution in [2.45, 2.75) is 23.5 Å². The Labute approximate surface area is 169 Å². The Morgan fingerprint density at radius 2 is 2.07 bits per heavy atom. The highest BCUT2D eigenvalue weighted by Gasteiger charge is 2.39. The van der Waals surface area contributed by atoms with E-state index in [1.54, 1.807) is 0 Å². The number of sulfonamides is 1. The molecule has 1 amide bonds. The number of carbonyl (C=O) groups excluding carboxylic acids is 1. The molecule has 0 aliphatic carbocycles. The standard InChI is InChI=1S/C18H17F4N3O4S/c1-4-17(2)9-29-15-13(30(27,28)24-17)8-25(3)14(15)16(26)23-10-5-6-12(19)11(7-10)18(20,21)22/h4-8,24H,1,9H2,2-3H3,(H,23,26). The average molecular weight is 447 g/mol. The van der Waals surface area contributed by atoms with Gasteiger partial charge in [0.05, 0.1) is 11.1 Å². The molecule has 1 atom stereocenters. The van der Waals surface area contributed by atoms with Crippen molar-refractivity contribution in [1.29, 1.82) is 0 Å². The van der Waals surface area contributed by atoms with Gasteiger partial charge in [0.2, 0.25) is 10.0 Å². The van der Waals surface area contributed by atoms with Crippen LogP contribution in [0.4, 0.5) is 23.2 Å². The van der Waals surface area contributed by atoms with Crippen LogP contribution in [0.1, 0.15) is 23.0 Å². The lowest BCUT2D eigenvalue weighted by Gasteiger charge is -2.23. The summed E-state index contributed by atoms with van der Waals surface area (Å²) in [6.45, 7) is 4.91. The molecular formula is C18H17F4N3O4S. The Balaban J connectivity index is 2.01. The summed E-state index contributed by atoms with van der Waals surface area (Å²) in [5.41, 5.74) is -3.25. The first kappa shape index (κ1) is 21.8. The Bertz CT molecular complexity index is 1140. The fraction of sp³-hybridized carbons (Fsp3) is 0.278. The predicted octanol–water partition coefficient (Wildman–Crippen LogP) is 3.05. The number of nitrogens with zero attached hydrogens (tertiary/aromatic N) is 1. The molecule has 3 rings (SSSR count). The van der Waals surface area contributed by atoms with Gasteiger partial charge in [0.15, 0.2) is 11.4 Å². The molecule has 1 aliphatic rings. The molecule has 1 aromatic carbocycles. The van der Waals surface area contributed by atoms with Gasteiger partial charge in [-0.05, 0) is 25.1 Å². The molecule has 30 heavy (non-hydrogen) atoms. The number of amides is 1. The molecule has 0 saturated carbocycles. The lowest BCUT2D eigenvalue weighted by atomic mass is 10.1. The van der Waals surface area contributed by atoms with E-state index < -0.39 is 39.0 Å². The molecule has 1 aromatic heterocycles. The molecule has 2 heterocycles. The first-order chi connectivity index (χ1) is 13.8. The van der Waals surface area contributed by atoms with E-state index in [0.29, 0.717) is 12.1 Å². The van der Waals surface area contributed by atoms with E-state index in [4.69, 9.17) is 4.74 Å². The van der Waals surface area contributed by atoms with Crippen molar-refractivity contribution in [3.8, 4) is 5.75 Å². The number of aromatic nitrogens is 1. The first-order valence-electron chi connectivity index (χ1n) is 8.45. The summed E-state index contributed by atoms with van der Waals surface area (Å²) < 4.78 is 86.6. The van der Waals surface area contributed by atoms with Gasteiger partial charge in [-0.25, -0.2) is 12.8 Å². The monoisotopic (exact) mass is 447 g/mol. The van der Waals surface area contributed by atoms with Crippen LogP contribution in [0.2, 0.25) is 0 Å². The minimum Gasteiger partial charge on any atom is -0.487 e. The van der Waals surface area contributed by atoms with Crippen LogP contribution in [0.25, 0.3) is 0 Å². The molecule has 162 valence electrons. The molecule has 0 bridgehead atoms. The van der Waals surface area contributed by atoms with E-state index in [2.05, 4.69) is 16.6 Å². The van der Waals surface area contributed by atoms with Gasteiger partial charge in [0.25, 0.3) is 5.91 Å². The van der Waals surface area contributed by atoms with Crippen LogP contribution in [0.15, 0.2) is 41.9 Å². The predicted molar refractivity (Wildman–Crippen MR) is 99.2 cm³/mol. The number of anilines is 1. The molecule has 0 saturated heterocycles. The number of benzene rings is 1. The molecule has 0 radical (unpaired) electrons. The number of ether oxygens (including phenoxy) is 1. The number of hydrogen-bond acceptors (Lipinski definition) is 4. The van der Waals surface area contributed by atoms with E-state index in [1.165, 1.54) is 24.6 Å². The molecule has 0 fully saturated rings. The van der Waals surface area contributed by atoms with Crippen molar-refractivity contribution in [2.75, 3.05) is 11.9 Å². The lowest BCUT2D eigenvalue weighted by Crippen LogP contribution is -2.46. The van der Waals surface area contributed by atoms with E-state index in [1.807, 2.05) is 0 Å². The third-order valence-corrected chi connectivity index (χ3v) is 6.08. The topological polar surface area (TPSA) is 89.4 Å². The van der Waals surface area contributed by atoms with Crippen molar-refractivity contribution in [2.24, 2.45) is 7.05 Å². The van der Waals surface area contributed by atoms with Gasteiger partial charge >= 0.3 is 6.18 Å². The highest BCUT2D eigenvalue weighted by molar-refractivity contribution is 7.89. The normalized spacial score (nSPS) is 20.6. The summed E-state index contributed by atoms with van der Waals surface area (Å²) in [7, 11) is -2.71. The SMILES string of the molecule is C=CC1(C)COc2c(cn(C)c2C(=O)Nc2ccc(F)c(C(F)(F)F)c2)S(=O)(=O)N1. The number of aryl methyl sites for hydroxylation is 1. The second-order valence-electron chi connectivity index (χ2n) is 6.94. The van der Waals surface area contributed by atoms with Crippen molar-refractivity contribution in [1.82, 2.24) is 9.29 Å². The molecular weight excluding hydrogens is 430 g/mol. The van der Waals surface area contributed by atoms with Gasteiger partial charge in [-0.1, -0.05) is 6.08 Å². The average Bonchev–Trinajstić information content (AvgIpc) is 2.93. The minimum atomic E-state index is -4.95. The Morgan fingerprint density at radius 3 is 2.67 bits per heavy atom. The van der Waals surface area contributed by atoms with E-state index >= 15 is 0 Å². The van der Waals surface area contributed by atoms with Crippen molar-refractivity contribution >= 4 is 21.6 Å². The Kier molecular flexibility index (Phi) is 5.19. The van der Waals surface area contributed by atoms with Gasteiger partial charge in [0, 0.05) is 18.9 Å². The van der Waals surface area contributed by atoms with Gasteiger partial charge in [0.1, 0.15) is 17.3 Å². The van der Waals surface area contributed by atoms with Crippen molar-refractivity contribution < 1.29 is 35.5 Å². The number of carbonyl (C=O) groups is 1. The van der Waals surface area contributed by atoms with Crippen LogP contribution in [-0.4, -0.2) is 31.0 Å². The van der Waals surface area contributed by atoms with Gasteiger partial charge in [-0.15, -0.1) is 6.58 Å². The molecule has 1 aliphatic heterocycles. The molecule has 2 N–H and O–H groups in total. The van der Waals surface area contributed by atoms with Crippen molar-refractivity contribution in [3.05, 3.63) is 54.1 Å². The largest absolute Gasteiger partial charge is 0.487 e. The van der Waals surface area contributed by atoms with Crippen molar-refractivity contribution in [3.63, 3.8) is 0 Å². The highest BCUT2D eigenvalue weighted by Crippen LogP contribution is 2.36. The molecule has 7 nitrogen and oxygen atoms in total.